The van der Waals surface area contributed by atoms with E-state index in [4.69, 9.17) is 0 Å². The Morgan fingerprint density at radius 3 is 2.95 bits per heavy atom. The molecule has 0 saturated carbocycles. The van der Waals surface area contributed by atoms with E-state index >= 15 is 0 Å². The molecule has 1 aromatic heterocycles. The number of aryl methyl sites for hydroxylation is 1. The summed E-state index contributed by atoms with van der Waals surface area (Å²) in [6.07, 6.45) is 2.24. The highest BCUT2D eigenvalue weighted by atomic mass is 32.1. The van der Waals surface area contributed by atoms with Crippen LogP contribution in [0.3, 0.4) is 0 Å². The zero-order valence-corrected chi connectivity index (χ0v) is 12.8. The Hall–Kier alpha value is -1.39. The van der Waals surface area contributed by atoms with Crippen LogP contribution >= 0.6 is 11.3 Å². The molecule has 0 radical (unpaired) electrons. The van der Waals surface area contributed by atoms with E-state index in [1.54, 1.807) is 11.3 Å². The molecule has 1 aliphatic heterocycles. The fourth-order valence-electron chi connectivity index (χ4n) is 2.92. The lowest BCUT2D eigenvalue weighted by Crippen LogP contribution is -2.46. The largest absolute Gasteiger partial charge is 0.336 e. The summed E-state index contributed by atoms with van der Waals surface area (Å²) < 4.78 is 1.20. The molecule has 0 bridgehead atoms. The quantitative estimate of drug-likeness (QED) is 0.921. The normalized spacial score (nSPS) is 19.5. The molecule has 1 atom stereocenters. The third-order valence-electron chi connectivity index (χ3n) is 4.15. The van der Waals surface area contributed by atoms with Gasteiger partial charge in [0.15, 0.2) is 0 Å². The molecular weight excluding hydrogens is 268 g/mol. The van der Waals surface area contributed by atoms with Gasteiger partial charge in [-0.25, -0.2) is 0 Å². The Kier molecular flexibility index (Phi) is 3.76. The van der Waals surface area contributed by atoms with Gasteiger partial charge in [0.2, 0.25) is 0 Å². The van der Waals surface area contributed by atoms with Crippen LogP contribution in [-0.2, 0) is 0 Å². The van der Waals surface area contributed by atoms with E-state index in [9.17, 15) is 4.79 Å². The van der Waals surface area contributed by atoms with Crippen molar-refractivity contribution >= 4 is 27.3 Å². The summed E-state index contributed by atoms with van der Waals surface area (Å²) in [5, 5.41) is 4.50. The van der Waals surface area contributed by atoms with Gasteiger partial charge in [-0.2, -0.15) is 0 Å². The summed E-state index contributed by atoms with van der Waals surface area (Å²) in [6.45, 7) is 3.76. The molecule has 106 valence electrons. The maximum Gasteiger partial charge on any atom is 0.264 e. The summed E-state index contributed by atoms with van der Waals surface area (Å²) >= 11 is 1.62. The fraction of sp³-hybridized carbons (Fsp3) is 0.438. The second-order valence-corrected chi connectivity index (χ2v) is 6.48. The summed E-state index contributed by atoms with van der Waals surface area (Å²) in [4.78, 5) is 15.7. The Balaban J connectivity index is 1.90. The monoisotopic (exact) mass is 288 g/mol. The first-order valence-corrected chi connectivity index (χ1v) is 7.97. The molecule has 1 N–H and O–H groups in total. The lowest BCUT2D eigenvalue weighted by atomic mass is 10.1. The van der Waals surface area contributed by atoms with E-state index in [-0.39, 0.29) is 5.91 Å². The highest BCUT2D eigenvalue weighted by Crippen LogP contribution is 2.31. The van der Waals surface area contributed by atoms with Gasteiger partial charge in [0.05, 0.1) is 4.88 Å². The molecular formula is C16H20N2OS. The van der Waals surface area contributed by atoms with E-state index in [1.165, 1.54) is 10.1 Å². The van der Waals surface area contributed by atoms with Crippen LogP contribution in [0, 0.1) is 6.92 Å². The maximum absolute atomic E-state index is 12.8. The van der Waals surface area contributed by atoms with E-state index in [0.29, 0.717) is 6.04 Å². The highest BCUT2D eigenvalue weighted by molar-refractivity contribution is 7.21. The smallest absolute Gasteiger partial charge is 0.264 e. The molecule has 1 aliphatic rings. The van der Waals surface area contributed by atoms with Crippen molar-refractivity contribution in [2.24, 2.45) is 0 Å². The van der Waals surface area contributed by atoms with Crippen LogP contribution in [0.4, 0.5) is 0 Å². The van der Waals surface area contributed by atoms with Crippen molar-refractivity contribution in [1.29, 1.82) is 0 Å². The van der Waals surface area contributed by atoms with Gasteiger partial charge in [0, 0.05) is 23.8 Å². The summed E-state index contributed by atoms with van der Waals surface area (Å²) in [7, 11) is 1.98. The first-order chi connectivity index (χ1) is 9.70. The maximum atomic E-state index is 12.8. The molecule has 0 aliphatic carbocycles. The highest BCUT2D eigenvalue weighted by Gasteiger charge is 2.26. The van der Waals surface area contributed by atoms with Crippen LogP contribution in [0.5, 0.6) is 0 Å². The Bertz CT molecular complexity index is 634. The van der Waals surface area contributed by atoms with Crippen molar-refractivity contribution < 1.29 is 4.79 Å². The number of hydrogen-bond donors (Lipinski definition) is 1. The number of thiophene rings is 1. The molecule has 3 rings (SSSR count). The van der Waals surface area contributed by atoms with Gasteiger partial charge in [0.25, 0.3) is 5.91 Å². The number of hydrogen-bond acceptors (Lipinski definition) is 3. The topological polar surface area (TPSA) is 32.3 Å². The van der Waals surface area contributed by atoms with Crippen molar-refractivity contribution in [3.63, 3.8) is 0 Å². The van der Waals surface area contributed by atoms with E-state index in [1.807, 2.05) is 24.1 Å². The molecule has 4 heteroatoms. The first-order valence-electron chi connectivity index (χ1n) is 7.15. The molecule has 2 aromatic rings. The molecule has 1 fully saturated rings. The van der Waals surface area contributed by atoms with Gasteiger partial charge >= 0.3 is 0 Å². The van der Waals surface area contributed by atoms with E-state index in [2.05, 4.69) is 24.4 Å². The zero-order valence-electron chi connectivity index (χ0n) is 12.0. The van der Waals surface area contributed by atoms with Gasteiger partial charge in [-0.15, -0.1) is 11.3 Å². The summed E-state index contributed by atoms with van der Waals surface area (Å²) in [5.74, 6) is 0.198. The van der Waals surface area contributed by atoms with Gasteiger partial charge in [-0.1, -0.05) is 18.2 Å². The van der Waals surface area contributed by atoms with Gasteiger partial charge < -0.3 is 10.2 Å². The Labute approximate surface area is 123 Å². The van der Waals surface area contributed by atoms with Crippen molar-refractivity contribution in [1.82, 2.24) is 10.2 Å². The molecule has 1 aromatic carbocycles. The molecule has 3 nitrogen and oxygen atoms in total. The second kappa shape index (κ2) is 5.54. The lowest BCUT2D eigenvalue weighted by Gasteiger charge is -2.32. The van der Waals surface area contributed by atoms with Crippen LogP contribution in [0.2, 0.25) is 0 Å². The third-order valence-corrected chi connectivity index (χ3v) is 5.42. The van der Waals surface area contributed by atoms with Crippen molar-refractivity contribution in [2.45, 2.75) is 25.8 Å². The molecule has 1 amide bonds. The number of carbonyl (C=O) groups is 1. The van der Waals surface area contributed by atoms with Crippen LogP contribution in [0.25, 0.3) is 10.1 Å². The molecule has 0 spiro atoms. The fourth-order valence-corrected chi connectivity index (χ4v) is 4.10. The lowest BCUT2D eigenvalue weighted by molar-refractivity contribution is 0.0702. The van der Waals surface area contributed by atoms with Gasteiger partial charge in [-0.05, 0) is 43.8 Å². The standard InChI is InChI=1S/C16H20N2OS/c1-11-13-7-3-4-8-14(13)20-15(11)16(19)18-9-5-6-12(10-18)17-2/h3-4,7-8,12,17H,5-6,9-10H2,1-2H3. The minimum absolute atomic E-state index is 0.198. The zero-order chi connectivity index (χ0) is 14.1. The summed E-state index contributed by atoms with van der Waals surface area (Å²) in [6, 6.07) is 8.70. The van der Waals surface area contributed by atoms with Crippen LogP contribution in [0.15, 0.2) is 24.3 Å². The number of fused-ring (bicyclic) bond motifs is 1. The van der Waals surface area contributed by atoms with Gasteiger partial charge in [-0.3, -0.25) is 4.79 Å². The Morgan fingerprint density at radius 2 is 2.20 bits per heavy atom. The minimum Gasteiger partial charge on any atom is -0.336 e. The molecule has 20 heavy (non-hydrogen) atoms. The predicted octanol–water partition coefficient (Wildman–Crippen LogP) is 3.03. The number of nitrogens with zero attached hydrogens (tertiary/aromatic N) is 1. The number of rotatable bonds is 2. The molecule has 1 saturated heterocycles. The van der Waals surface area contributed by atoms with Crippen LogP contribution in [-0.4, -0.2) is 37.0 Å². The summed E-state index contributed by atoms with van der Waals surface area (Å²) in [5.41, 5.74) is 1.13. The van der Waals surface area contributed by atoms with Crippen LogP contribution < -0.4 is 5.32 Å². The second-order valence-electron chi connectivity index (χ2n) is 5.43. The van der Waals surface area contributed by atoms with Crippen molar-refractivity contribution in [2.75, 3.05) is 20.1 Å². The van der Waals surface area contributed by atoms with Crippen molar-refractivity contribution in [3.8, 4) is 0 Å². The third kappa shape index (κ3) is 2.34. The number of likely N-dealkylation sites (tertiary alicyclic amines) is 1. The number of likely N-dealkylation sites (N-methyl/N-ethyl adjacent to an activating group) is 1. The number of piperidine rings is 1. The average Bonchev–Trinajstić information content (AvgIpc) is 2.84. The minimum atomic E-state index is 0.198. The van der Waals surface area contributed by atoms with Crippen molar-refractivity contribution in [3.05, 3.63) is 34.7 Å². The number of benzene rings is 1. The number of amides is 1. The number of nitrogens with one attached hydrogen (secondary N) is 1. The predicted molar refractivity (Wildman–Crippen MR) is 84.5 cm³/mol. The van der Waals surface area contributed by atoms with E-state index in [0.717, 1.165) is 36.4 Å². The van der Waals surface area contributed by atoms with E-state index < -0.39 is 0 Å². The van der Waals surface area contributed by atoms with Gasteiger partial charge in [0.1, 0.15) is 0 Å². The SMILES string of the molecule is CNC1CCCN(C(=O)c2sc3ccccc3c2C)C1. The molecule has 2 heterocycles. The first kappa shape index (κ1) is 13.6. The molecule has 1 unspecified atom stereocenters. The van der Waals surface area contributed by atoms with Crippen LogP contribution in [0.1, 0.15) is 28.1 Å². The average molecular weight is 288 g/mol. The number of carbonyl (C=O) groups excluding carboxylic acids is 1. The Morgan fingerprint density at radius 1 is 1.40 bits per heavy atom.